The molecule has 1 aromatic carbocycles. The number of anilines is 2. The largest absolute Gasteiger partial charge is 0.397 e. The van der Waals surface area contributed by atoms with Crippen LogP contribution >= 0.6 is 11.3 Å². The number of nitrogens with zero attached hydrogens (tertiary/aromatic N) is 2. The van der Waals surface area contributed by atoms with E-state index in [1.807, 2.05) is 11.6 Å². The monoisotopic (exact) mass is 281 g/mol. The zero-order valence-corrected chi connectivity index (χ0v) is 11.9. The molecule has 0 amide bonds. The van der Waals surface area contributed by atoms with Crippen molar-refractivity contribution in [3.63, 3.8) is 0 Å². The summed E-state index contributed by atoms with van der Waals surface area (Å²) in [6.07, 6.45) is 2.97. The summed E-state index contributed by atoms with van der Waals surface area (Å²) in [4.78, 5) is 7.85. The molecule has 3 heterocycles. The molecule has 0 saturated carbocycles. The van der Waals surface area contributed by atoms with Crippen molar-refractivity contribution in [2.24, 2.45) is 0 Å². The van der Waals surface area contributed by atoms with E-state index in [0.29, 0.717) is 0 Å². The fraction of sp³-hybridized carbons (Fsp3) is 0.188. The second-order valence-electron chi connectivity index (χ2n) is 5.14. The molecule has 0 bridgehead atoms. The number of rotatable bonds is 1. The van der Waals surface area contributed by atoms with E-state index in [0.717, 1.165) is 35.4 Å². The van der Waals surface area contributed by atoms with Gasteiger partial charge in [0.2, 0.25) is 0 Å². The van der Waals surface area contributed by atoms with Gasteiger partial charge >= 0.3 is 0 Å². The highest BCUT2D eigenvalue weighted by atomic mass is 32.1. The van der Waals surface area contributed by atoms with E-state index in [-0.39, 0.29) is 0 Å². The fourth-order valence-corrected chi connectivity index (χ4v) is 3.76. The Bertz CT molecular complexity index is 778. The molecule has 4 heteroatoms. The predicted molar refractivity (Wildman–Crippen MR) is 85.2 cm³/mol. The van der Waals surface area contributed by atoms with Gasteiger partial charge in [-0.05, 0) is 23.6 Å². The van der Waals surface area contributed by atoms with Crippen LogP contribution in [0.1, 0.15) is 11.1 Å². The Kier molecular flexibility index (Phi) is 2.63. The highest BCUT2D eigenvalue weighted by molar-refractivity contribution is 7.17. The van der Waals surface area contributed by atoms with E-state index < -0.39 is 0 Å². The molecule has 2 aromatic heterocycles. The lowest BCUT2D eigenvalue weighted by Gasteiger charge is -2.31. The van der Waals surface area contributed by atoms with Crippen molar-refractivity contribution in [1.29, 1.82) is 0 Å². The Labute approximate surface area is 121 Å². The SMILES string of the molecule is Nc1csc2nccc(N3CCc4ccccc4C3)c12. The van der Waals surface area contributed by atoms with Gasteiger partial charge < -0.3 is 10.6 Å². The Morgan fingerprint density at radius 2 is 2.00 bits per heavy atom. The smallest absolute Gasteiger partial charge is 0.127 e. The lowest BCUT2D eigenvalue weighted by Crippen LogP contribution is -2.30. The molecule has 1 aliphatic heterocycles. The third kappa shape index (κ3) is 1.76. The van der Waals surface area contributed by atoms with Gasteiger partial charge in [-0.1, -0.05) is 24.3 Å². The Balaban J connectivity index is 1.80. The number of hydrogen-bond acceptors (Lipinski definition) is 4. The van der Waals surface area contributed by atoms with Gasteiger partial charge in [0.1, 0.15) is 4.83 Å². The van der Waals surface area contributed by atoms with E-state index >= 15 is 0 Å². The van der Waals surface area contributed by atoms with Gasteiger partial charge in [-0.25, -0.2) is 4.98 Å². The second-order valence-corrected chi connectivity index (χ2v) is 6.00. The summed E-state index contributed by atoms with van der Waals surface area (Å²) >= 11 is 1.61. The van der Waals surface area contributed by atoms with E-state index in [1.165, 1.54) is 16.8 Å². The van der Waals surface area contributed by atoms with Crippen LogP contribution in [-0.2, 0) is 13.0 Å². The van der Waals surface area contributed by atoms with Gasteiger partial charge in [0.25, 0.3) is 0 Å². The molecule has 3 nitrogen and oxygen atoms in total. The van der Waals surface area contributed by atoms with Crippen molar-refractivity contribution >= 4 is 32.9 Å². The van der Waals surface area contributed by atoms with Crippen LogP contribution in [0, 0.1) is 0 Å². The van der Waals surface area contributed by atoms with Crippen LogP contribution in [-0.4, -0.2) is 11.5 Å². The standard InChI is InChI=1S/C16H15N3S/c17-13-10-20-16-15(13)14(5-7-18-16)19-8-6-11-3-1-2-4-12(11)9-19/h1-5,7,10H,6,8-9,17H2. The third-order valence-corrected chi connectivity index (χ3v) is 4.86. The summed E-state index contributed by atoms with van der Waals surface area (Å²) < 4.78 is 0. The molecular formula is C16H15N3S. The van der Waals surface area contributed by atoms with Gasteiger partial charge in [0, 0.05) is 24.7 Å². The molecule has 0 radical (unpaired) electrons. The van der Waals surface area contributed by atoms with Crippen LogP contribution < -0.4 is 10.6 Å². The molecule has 0 fully saturated rings. The summed E-state index contributed by atoms with van der Waals surface area (Å²) in [5.41, 5.74) is 11.1. The minimum atomic E-state index is 0.840. The summed E-state index contributed by atoms with van der Waals surface area (Å²) in [5, 5.41) is 3.09. The van der Waals surface area contributed by atoms with Crippen molar-refractivity contribution in [3.05, 3.63) is 53.0 Å². The summed E-state index contributed by atoms with van der Waals surface area (Å²) in [6, 6.07) is 10.8. The van der Waals surface area contributed by atoms with Crippen molar-refractivity contribution in [2.75, 3.05) is 17.2 Å². The number of fused-ring (bicyclic) bond motifs is 2. The Hall–Kier alpha value is -2.07. The number of nitrogens with two attached hydrogens (primary N) is 1. The predicted octanol–water partition coefficient (Wildman–Crippen LogP) is 3.44. The highest BCUT2D eigenvalue weighted by Crippen LogP contribution is 2.36. The van der Waals surface area contributed by atoms with Crippen molar-refractivity contribution < 1.29 is 0 Å². The maximum Gasteiger partial charge on any atom is 0.127 e. The van der Waals surface area contributed by atoms with E-state index in [4.69, 9.17) is 5.73 Å². The molecule has 100 valence electrons. The molecule has 0 saturated heterocycles. The van der Waals surface area contributed by atoms with E-state index in [1.54, 1.807) is 11.3 Å². The molecule has 0 spiro atoms. The van der Waals surface area contributed by atoms with Crippen LogP contribution in [0.2, 0.25) is 0 Å². The maximum absolute atomic E-state index is 6.12. The van der Waals surface area contributed by atoms with Crippen LogP contribution in [0.3, 0.4) is 0 Å². The minimum Gasteiger partial charge on any atom is -0.397 e. The average Bonchev–Trinajstić information content (AvgIpc) is 2.88. The first-order valence-electron chi connectivity index (χ1n) is 6.76. The first-order valence-corrected chi connectivity index (χ1v) is 7.64. The first-order chi connectivity index (χ1) is 9.83. The normalized spacial score (nSPS) is 14.5. The van der Waals surface area contributed by atoms with Crippen LogP contribution in [0.25, 0.3) is 10.2 Å². The molecule has 0 atom stereocenters. The number of pyridine rings is 1. The second kappa shape index (κ2) is 4.49. The lowest BCUT2D eigenvalue weighted by atomic mass is 9.99. The highest BCUT2D eigenvalue weighted by Gasteiger charge is 2.19. The number of aromatic nitrogens is 1. The zero-order valence-electron chi connectivity index (χ0n) is 11.0. The number of benzene rings is 1. The molecule has 0 aliphatic carbocycles. The van der Waals surface area contributed by atoms with Gasteiger partial charge in [-0.15, -0.1) is 11.3 Å². The van der Waals surface area contributed by atoms with Crippen LogP contribution in [0.4, 0.5) is 11.4 Å². The Morgan fingerprint density at radius 3 is 2.90 bits per heavy atom. The molecule has 1 aliphatic rings. The topological polar surface area (TPSA) is 42.1 Å². The molecule has 20 heavy (non-hydrogen) atoms. The van der Waals surface area contributed by atoms with Crippen molar-refractivity contribution in [2.45, 2.75) is 13.0 Å². The summed E-state index contributed by atoms with van der Waals surface area (Å²) in [7, 11) is 0. The Morgan fingerprint density at radius 1 is 1.15 bits per heavy atom. The van der Waals surface area contributed by atoms with E-state index in [9.17, 15) is 0 Å². The number of hydrogen-bond donors (Lipinski definition) is 1. The van der Waals surface area contributed by atoms with Gasteiger partial charge in [0.15, 0.2) is 0 Å². The lowest BCUT2D eigenvalue weighted by molar-refractivity contribution is 0.734. The molecule has 4 rings (SSSR count). The molecule has 0 unspecified atom stereocenters. The third-order valence-electron chi connectivity index (χ3n) is 3.95. The molecule has 3 aromatic rings. The summed E-state index contributed by atoms with van der Waals surface area (Å²) in [5.74, 6) is 0. The van der Waals surface area contributed by atoms with Gasteiger partial charge in [0.05, 0.1) is 16.8 Å². The molecule has 2 N–H and O–H groups in total. The van der Waals surface area contributed by atoms with Crippen molar-refractivity contribution in [1.82, 2.24) is 4.98 Å². The fourth-order valence-electron chi connectivity index (χ4n) is 2.94. The molecular weight excluding hydrogens is 266 g/mol. The minimum absolute atomic E-state index is 0.840. The zero-order chi connectivity index (χ0) is 13.5. The van der Waals surface area contributed by atoms with E-state index in [2.05, 4.69) is 40.2 Å². The van der Waals surface area contributed by atoms with Crippen LogP contribution in [0.5, 0.6) is 0 Å². The van der Waals surface area contributed by atoms with Crippen LogP contribution in [0.15, 0.2) is 41.9 Å². The van der Waals surface area contributed by atoms with Crippen molar-refractivity contribution in [3.8, 4) is 0 Å². The number of nitrogen functional groups attached to an aromatic ring is 1. The first kappa shape index (κ1) is 11.7. The number of thiophene rings is 1. The van der Waals surface area contributed by atoms with Gasteiger partial charge in [-0.2, -0.15) is 0 Å². The summed E-state index contributed by atoms with van der Waals surface area (Å²) in [6.45, 7) is 1.98. The quantitative estimate of drug-likeness (QED) is 0.743. The maximum atomic E-state index is 6.12. The van der Waals surface area contributed by atoms with Gasteiger partial charge in [-0.3, -0.25) is 0 Å². The average molecular weight is 281 g/mol.